The molecule has 0 saturated carbocycles. The summed E-state index contributed by atoms with van der Waals surface area (Å²) in [6.07, 6.45) is 0. The van der Waals surface area contributed by atoms with Crippen LogP contribution in [0, 0.1) is 17.0 Å². The summed E-state index contributed by atoms with van der Waals surface area (Å²) in [5.74, 6) is -1.29. The molecule has 0 aliphatic rings. The number of halogens is 2. The topological polar surface area (TPSA) is 98.5 Å². The molecular formula is C16H14Cl2N2O5S. The van der Waals surface area contributed by atoms with Crippen LogP contribution in [0.2, 0.25) is 0 Å². The molecule has 26 heavy (non-hydrogen) atoms. The SMILES string of the molecule is CCOC(=O)c1c(NC(=O)C(Cl)Cl)sc(C)c1-c1ccc([N+](=O)[O-])cc1. The molecule has 0 aliphatic carbocycles. The van der Waals surface area contributed by atoms with Gasteiger partial charge < -0.3 is 10.1 Å². The van der Waals surface area contributed by atoms with Gasteiger partial charge in [0, 0.05) is 22.6 Å². The Balaban J connectivity index is 2.56. The number of nitro groups is 1. The molecule has 1 N–H and O–H groups in total. The minimum absolute atomic E-state index is 0.0695. The number of thiophene rings is 1. The third-order valence-corrected chi connectivity index (χ3v) is 4.78. The van der Waals surface area contributed by atoms with Gasteiger partial charge in [-0.1, -0.05) is 23.2 Å². The van der Waals surface area contributed by atoms with Crippen LogP contribution in [0.3, 0.4) is 0 Å². The lowest BCUT2D eigenvalue weighted by Crippen LogP contribution is -2.19. The number of hydrogen-bond acceptors (Lipinski definition) is 6. The number of nitrogens with zero attached hydrogens (tertiary/aromatic N) is 1. The van der Waals surface area contributed by atoms with Crippen molar-refractivity contribution < 1.29 is 19.2 Å². The fourth-order valence-electron chi connectivity index (χ4n) is 2.29. The number of ether oxygens (including phenoxy) is 1. The molecule has 0 bridgehead atoms. The molecule has 0 aliphatic heterocycles. The molecule has 1 aromatic carbocycles. The van der Waals surface area contributed by atoms with E-state index in [0.29, 0.717) is 11.1 Å². The van der Waals surface area contributed by atoms with Crippen LogP contribution >= 0.6 is 34.5 Å². The molecule has 1 amide bonds. The quantitative estimate of drug-likeness (QED) is 0.322. The maximum absolute atomic E-state index is 12.5. The Morgan fingerprint density at radius 2 is 1.92 bits per heavy atom. The number of anilines is 1. The van der Waals surface area contributed by atoms with Crippen LogP contribution in [0.5, 0.6) is 0 Å². The van der Waals surface area contributed by atoms with E-state index in [4.69, 9.17) is 27.9 Å². The lowest BCUT2D eigenvalue weighted by Gasteiger charge is -2.09. The van der Waals surface area contributed by atoms with Crippen molar-refractivity contribution in [2.45, 2.75) is 18.7 Å². The number of amides is 1. The van der Waals surface area contributed by atoms with E-state index in [0.717, 1.165) is 16.2 Å². The Bertz CT molecular complexity index is 849. The second-order valence-corrected chi connectivity index (χ2v) is 7.37. The van der Waals surface area contributed by atoms with Crippen LogP contribution in [-0.2, 0) is 9.53 Å². The van der Waals surface area contributed by atoms with Gasteiger partial charge >= 0.3 is 5.97 Å². The monoisotopic (exact) mass is 416 g/mol. The predicted molar refractivity (Wildman–Crippen MR) is 101 cm³/mol. The summed E-state index contributed by atoms with van der Waals surface area (Å²) in [5, 5.41) is 13.6. The third kappa shape index (κ3) is 4.32. The molecule has 0 unspecified atom stereocenters. The van der Waals surface area contributed by atoms with Gasteiger partial charge in [-0.25, -0.2) is 4.79 Å². The molecule has 138 valence electrons. The summed E-state index contributed by atoms with van der Waals surface area (Å²) >= 11 is 12.3. The first-order chi connectivity index (χ1) is 12.3. The van der Waals surface area contributed by atoms with Gasteiger partial charge in [0.05, 0.1) is 11.5 Å². The second-order valence-electron chi connectivity index (χ2n) is 5.05. The Labute approximate surface area is 163 Å². The van der Waals surface area contributed by atoms with Crippen LogP contribution in [-0.4, -0.2) is 28.2 Å². The van der Waals surface area contributed by atoms with Crippen molar-refractivity contribution >= 4 is 57.1 Å². The number of esters is 1. The van der Waals surface area contributed by atoms with E-state index in [2.05, 4.69) is 5.32 Å². The minimum Gasteiger partial charge on any atom is -0.462 e. The number of nitrogens with one attached hydrogen (secondary N) is 1. The van der Waals surface area contributed by atoms with Gasteiger partial charge in [0.1, 0.15) is 10.6 Å². The summed E-state index contributed by atoms with van der Waals surface area (Å²) in [6, 6.07) is 5.75. The number of nitro benzene ring substituents is 1. The number of aryl methyl sites for hydroxylation is 1. The van der Waals surface area contributed by atoms with Crippen molar-refractivity contribution in [2.75, 3.05) is 11.9 Å². The molecule has 2 aromatic rings. The zero-order valence-electron chi connectivity index (χ0n) is 13.7. The van der Waals surface area contributed by atoms with Gasteiger partial charge in [0.25, 0.3) is 11.6 Å². The van der Waals surface area contributed by atoms with Crippen molar-refractivity contribution in [1.82, 2.24) is 0 Å². The normalized spacial score (nSPS) is 10.7. The van der Waals surface area contributed by atoms with Crippen molar-refractivity contribution in [2.24, 2.45) is 0 Å². The lowest BCUT2D eigenvalue weighted by molar-refractivity contribution is -0.384. The number of carbonyl (C=O) groups is 2. The van der Waals surface area contributed by atoms with Crippen LogP contribution in [0.4, 0.5) is 10.7 Å². The van der Waals surface area contributed by atoms with Gasteiger partial charge in [-0.05, 0) is 31.5 Å². The number of hydrogen-bond donors (Lipinski definition) is 1. The molecule has 0 radical (unpaired) electrons. The molecule has 7 nitrogen and oxygen atoms in total. The van der Waals surface area contributed by atoms with Crippen LogP contribution in [0.15, 0.2) is 24.3 Å². The van der Waals surface area contributed by atoms with Gasteiger partial charge in [0.2, 0.25) is 0 Å². The van der Waals surface area contributed by atoms with Crippen molar-refractivity contribution in [3.63, 3.8) is 0 Å². The Morgan fingerprint density at radius 3 is 2.42 bits per heavy atom. The maximum Gasteiger partial charge on any atom is 0.341 e. The first-order valence-corrected chi connectivity index (χ1v) is 9.09. The van der Waals surface area contributed by atoms with Gasteiger partial charge in [-0.2, -0.15) is 0 Å². The number of rotatable bonds is 6. The standard InChI is InChI=1S/C16H14Cl2N2O5S/c1-3-25-16(22)12-11(9-4-6-10(7-5-9)20(23)24)8(2)26-15(12)19-14(21)13(17)18/h4-7,13H,3H2,1-2H3,(H,19,21). The zero-order valence-corrected chi connectivity index (χ0v) is 16.1. The molecule has 0 saturated heterocycles. The Kier molecular flexibility index (Phi) is 6.57. The first kappa shape index (κ1) is 20.2. The van der Waals surface area contributed by atoms with E-state index in [1.54, 1.807) is 13.8 Å². The summed E-state index contributed by atoms with van der Waals surface area (Å²) in [7, 11) is 0. The zero-order chi connectivity index (χ0) is 19.4. The average Bonchev–Trinajstić information content (AvgIpc) is 2.91. The average molecular weight is 417 g/mol. The number of non-ortho nitro benzene ring substituents is 1. The lowest BCUT2D eigenvalue weighted by atomic mass is 10.0. The molecule has 0 spiro atoms. The van der Waals surface area contributed by atoms with E-state index in [9.17, 15) is 19.7 Å². The highest BCUT2D eigenvalue weighted by molar-refractivity contribution is 7.17. The molecule has 1 heterocycles. The maximum atomic E-state index is 12.5. The summed E-state index contributed by atoms with van der Waals surface area (Å²) in [6.45, 7) is 3.57. The van der Waals surface area contributed by atoms with Crippen LogP contribution < -0.4 is 5.32 Å². The van der Waals surface area contributed by atoms with Crippen molar-refractivity contribution in [1.29, 1.82) is 0 Å². The molecule has 0 fully saturated rings. The van der Waals surface area contributed by atoms with Crippen LogP contribution in [0.25, 0.3) is 11.1 Å². The highest BCUT2D eigenvalue weighted by Gasteiger charge is 2.26. The molecule has 0 atom stereocenters. The highest BCUT2D eigenvalue weighted by Crippen LogP contribution is 2.41. The summed E-state index contributed by atoms with van der Waals surface area (Å²) in [4.78, 5) is 34.0. The second kappa shape index (κ2) is 8.48. The van der Waals surface area contributed by atoms with Crippen molar-refractivity contribution in [3.05, 3.63) is 44.8 Å². The third-order valence-electron chi connectivity index (χ3n) is 3.37. The summed E-state index contributed by atoms with van der Waals surface area (Å²) < 4.78 is 5.09. The summed E-state index contributed by atoms with van der Waals surface area (Å²) in [5.41, 5.74) is 1.20. The van der Waals surface area contributed by atoms with Crippen LogP contribution in [0.1, 0.15) is 22.2 Å². The largest absolute Gasteiger partial charge is 0.462 e. The highest BCUT2D eigenvalue weighted by atomic mass is 35.5. The van der Waals surface area contributed by atoms with Gasteiger partial charge in [-0.15, -0.1) is 11.3 Å². The molecular weight excluding hydrogens is 403 g/mol. The van der Waals surface area contributed by atoms with Gasteiger partial charge in [-0.3, -0.25) is 14.9 Å². The van der Waals surface area contributed by atoms with E-state index < -0.39 is 21.6 Å². The van der Waals surface area contributed by atoms with Crippen molar-refractivity contribution in [3.8, 4) is 11.1 Å². The van der Waals surface area contributed by atoms with E-state index in [1.165, 1.54) is 24.3 Å². The van der Waals surface area contributed by atoms with Gasteiger partial charge in [0.15, 0.2) is 4.84 Å². The number of benzene rings is 1. The molecule has 2 rings (SSSR count). The number of carbonyl (C=O) groups excluding carboxylic acids is 2. The fraction of sp³-hybridized carbons (Fsp3) is 0.250. The Morgan fingerprint density at radius 1 is 1.31 bits per heavy atom. The van der Waals surface area contributed by atoms with E-state index >= 15 is 0 Å². The Hall–Kier alpha value is -2.16. The number of alkyl halides is 2. The van der Waals surface area contributed by atoms with E-state index in [-0.39, 0.29) is 22.9 Å². The van der Waals surface area contributed by atoms with E-state index in [1.807, 2.05) is 0 Å². The first-order valence-electron chi connectivity index (χ1n) is 7.40. The minimum atomic E-state index is -1.30. The smallest absolute Gasteiger partial charge is 0.341 e. The molecule has 1 aromatic heterocycles. The molecule has 10 heteroatoms. The fourth-order valence-corrected chi connectivity index (χ4v) is 3.47. The predicted octanol–water partition coefficient (Wildman–Crippen LogP) is 4.55.